The standard InChI is InChI=1S/C15H12ClFO2/c1-9-3-5-11(16)8-12(9)15(18)10-4-6-13(17)14(7-10)19-2/h3-8H,1-2H3. The number of rotatable bonds is 3. The largest absolute Gasteiger partial charge is 0.494 e. The highest BCUT2D eigenvalue weighted by Crippen LogP contribution is 2.23. The maximum absolute atomic E-state index is 13.3. The Hall–Kier alpha value is -1.87. The maximum Gasteiger partial charge on any atom is 0.193 e. The van der Waals surface area contributed by atoms with Gasteiger partial charge in [-0.05, 0) is 42.8 Å². The van der Waals surface area contributed by atoms with Gasteiger partial charge in [-0.25, -0.2) is 4.39 Å². The van der Waals surface area contributed by atoms with Gasteiger partial charge < -0.3 is 4.74 Å². The molecule has 2 aromatic rings. The fraction of sp³-hybridized carbons (Fsp3) is 0.133. The van der Waals surface area contributed by atoms with E-state index in [9.17, 15) is 9.18 Å². The molecule has 0 bridgehead atoms. The summed E-state index contributed by atoms with van der Waals surface area (Å²) in [6.45, 7) is 1.82. The van der Waals surface area contributed by atoms with Crippen LogP contribution in [0.25, 0.3) is 0 Å². The molecule has 2 aromatic carbocycles. The second-order valence-corrected chi connectivity index (χ2v) is 4.57. The highest BCUT2D eigenvalue weighted by atomic mass is 35.5. The summed E-state index contributed by atoms with van der Waals surface area (Å²) in [6, 6.07) is 9.13. The van der Waals surface area contributed by atoms with Gasteiger partial charge in [0, 0.05) is 16.1 Å². The van der Waals surface area contributed by atoms with Crippen molar-refractivity contribution < 1.29 is 13.9 Å². The third kappa shape index (κ3) is 2.76. The average molecular weight is 279 g/mol. The highest BCUT2D eigenvalue weighted by Gasteiger charge is 2.14. The van der Waals surface area contributed by atoms with Gasteiger partial charge in [0.1, 0.15) is 0 Å². The van der Waals surface area contributed by atoms with Crippen molar-refractivity contribution >= 4 is 17.4 Å². The van der Waals surface area contributed by atoms with E-state index < -0.39 is 5.82 Å². The van der Waals surface area contributed by atoms with Crippen molar-refractivity contribution in [2.75, 3.05) is 7.11 Å². The molecule has 0 fully saturated rings. The van der Waals surface area contributed by atoms with Gasteiger partial charge in [-0.3, -0.25) is 4.79 Å². The van der Waals surface area contributed by atoms with E-state index >= 15 is 0 Å². The van der Waals surface area contributed by atoms with Crippen molar-refractivity contribution in [1.29, 1.82) is 0 Å². The molecule has 0 amide bonds. The molecule has 2 nitrogen and oxygen atoms in total. The van der Waals surface area contributed by atoms with Crippen LogP contribution in [0.3, 0.4) is 0 Å². The van der Waals surface area contributed by atoms with Gasteiger partial charge in [0.2, 0.25) is 0 Å². The Morgan fingerprint density at radius 2 is 1.95 bits per heavy atom. The first-order chi connectivity index (χ1) is 9.02. The highest BCUT2D eigenvalue weighted by molar-refractivity contribution is 6.31. The zero-order valence-electron chi connectivity index (χ0n) is 10.5. The van der Waals surface area contributed by atoms with Crippen LogP contribution in [0.1, 0.15) is 21.5 Å². The number of aryl methyl sites for hydroxylation is 1. The molecule has 0 spiro atoms. The quantitative estimate of drug-likeness (QED) is 0.793. The van der Waals surface area contributed by atoms with E-state index in [1.165, 1.54) is 25.3 Å². The van der Waals surface area contributed by atoms with Gasteiger partial charge >= 0.3 is 0 Å². The molecule has 0 aliphatic rings. The molecular weight excluding hydrogens is 267 g/mol. The molecule has 0 radical (unpaired) electrons. The Kier molecular flexibility index (Phi) is 3.86. The van der Waals surface area contributed by atoms with Gasteiger partial charge in [0.15, 0.2) is 17.3 Å². The number of hydrogen-bond acceptors (Lipinski definition) is 2. The van der Waals surface area contributed by atoms with Crippen LogP contribution >= 0.6 is 11.6 Å². The Morgan fingerprint density at radius 3 is 2.63 bits per heavy atom. The van der Waals surface area contributed by atoms with Gasteiger partial charge in [-0.2, -0.15) is 0 Å². The molecule has 0 N–H and O–H groups in total. The van der Waals surface area contributed by atoms with Crippen LogP contribution in [0.5, 0.6) is 5.75 Å². The number of carbonyl (C=O) groups is 1. The lowest BCUT2D eigenvalue weighted by atomic mass is 9.99. The van der Waals surface area contributed by atoms with E-state index in [-0.39, 0.29) is 11.5 Å². The van der Waals surface area contributed by atoms with E-state index in [1.54, 1.807) is 18.2 Å². The summed E-state index contributed by atoms with van der Waals surface area (Å²) in [7, 11) is 1.36. The Balaban J connectivity index is 2.47. The van der Waals surface area contributed by atoms with Crippen LogP contribution in [0, 0.1) is 12.7 Å². The van der Waals surface area contributed by atoms with Gasteiger partial charge in [-0.15, -0.1) is 0 Å². The minimum atomic E-state index is -0.498. The van der Waals surface area contributed by atoms with Gasteiger partial charge in [0.05, 0.1) is 7.11 Å². The summed E-state index contributed by atoms with van der Waals surface area (Å²) >= 11 is 5.90. The Morgan fingerprint density at radius 1 is 1.21 bits per heavy atom. The molecule has 0 aliphatic carbocycles. The summed E-state index contributed by atoms with van der Waals surface area (Å²) in [6.07, 6.45) is 0. The number of carbonyl (C=O) groups excluding carboxylic acids is 1. The zero-order chi connectivity index (χ0) is 14.0. The molecule has 0 saturated heterocycles. The number of hydrogen-bond donors (Lipinski definition) is 0. The Labute approximate surface area is 115 Å². The average Bonchev–Trinajstić information content (AvgIpc) is 2.41. The Bertz CT molecular complexity index is 638. The van der Waals surface area contributed by atoms with Crippen molar-refractivity contribution in [3.05, 3.63) is 63.9 Å². The molecule has 0 heterocycles. The molecule has 0 aromatic heterocycles. The molecule has 19 heavy (non-hydrogen) atoms. The number of ketones is 1. The summed E-state index contributed by atoms with van der Waals surface area (Å²) in [4.78, 5) is 12.4. The fourth-order valence-corrected chi connectivity index (χ4v) is 1.97. The number of methoxy groups -OCH3 is 1. The zero-order valence-corrected chi connectivity index (χ0v) is 11.3. The third-order valence-electron chi connectivity index (χ3n) is 2.86. The molecule has 0 atom stereocenters. The lowest BCUT2D eigenvalue weighted by Gasteiger charge is -2.08. The van der Waals surface area contributed by atoms with Gasteiger partial charge in [-0.1, -0.05) is 17.7 Å². The third-order valence-corrected chi connectivity index (χ3v) is 3.09. The van der Waals surface area contributed by atoms with Crippen LogP contribution in [0.2, 0.25) is 5.02 Å². The van der Waals surface area contributed by atoms with E-state index in [0.717, 1.165) is 5.56 Å². The second kappa shape index (κ2) is 5.41. The number of ether oxygens (including phenoxy) is 1. The predicted octanol–water partition coefficient (Wildman–Crippen LogP) is 4.03. The number of benzene rings is 2. The summed E-state index contributed by atoms with van der Waals surface area (Å²) < 4.78 is 18.2. The number of halogens is 2. The van der Waals surface area contributed by atoms with E-state index in [0.29, 0.717) is 16.1 Å². The first-order valence-electron chi connectivity index (χ1n) is 5.67. The SMILES string of the molecule is COc1cc(C(=O)c2cc(Cl)ccc2C)ccc1F. The summed E-state index contributed by atoms with van der Waals surface area (Å²) in [5, 5.41) is 0.489. The van der Waals surface area contributed by atoms with E-state index in [2.05, 4.69) is 0 Å². The molecule has 0 aliphatic heterocycles. The van der Waals surface area contributed by atoms with E-state index in [1.807, 2.05) is 6.92 Å². The summed E-state index contributed by atoms with van der Waals surface area (Å²) in [5.74, 6) is -0.661. The van der Waals surface area contributed by atoms with Crippen LogP contribution in [-0.2, 0) is 0 Å². The molecule has 2 rings (SSSR count). The minimum Gasteiger partial charge on any atom is -0.494 e. The lowest BCUT2D eigenvalue weighted by molar-refractivity contribution is 0.103. The molecule has 0 unspecified atom stereocenters. The van der Waals surface area contributed by atoms with Crippen molar-refractivity contribution in [2.45, 2.75) is 6.92 Å². The van der Waals surface area contributed by atoms with Crippen LogP contribution < -0.4 is 4.74 Å². The van der Waals surface area contributed by atoms with Crippen LogP contribution in [-0.4, -0.2) is 12.9 Å². The first-order valence-corrected chi connectivity index (χ1v) is 6.05. The van der Waals surface area contributed by atoms with Crippen LogP contribution in [0.15, 0.2) is 36.4 Å². The molecule has 98 valence electrons. The topological polar surface area (TPSA) is 26.3 Å². The van der Waals surface area contributed by atoms with Crippen molar-refractivity contribution in [3.8, 4) is 5.75 Å². The van der Waals surface area contributed by atoms with Gasteiger partial charge in [0.25, 0.3) is 0 Å². The van der Waals surface area contributed by atoms with E-state index in [4.69, 9.17) is 16.3 Å². The van der Waals surface area contributed by atoms with Crippen molar-refractivity contribution in [1.82, 2.24) is 0 Å². The first kappa shape index (κ1) is 13.6. The molecule has 4 heteroatoms. The predicted molar refractivity (Wildman–Crippen MR) is 72.6 cm³/mol. The van der Waals surface area contributed by atoms with Crippen molar-refractivity contribution in [3.63, 3.8) is 0 Å². The second-order valence-electron chi connectivity index (χ2n) is 4.14. The monoisotopic (exact) mass is 278 g/mol. The lowest BCUT2D eigenvalue weighted by Crippen LogP contribution is -2.04. The fourth-order valence-electron chi connectivity index (χ4n) is 1.80. The maximum atomic E-state index is 13.3. The summed E-state index contributed by atoms with van der Waals surface area (Å²) in [5.41, 5.74) is 1.68. The normalized spacial score (nSPS) is 10.3. The smallest absolute Gasteiger partial charge is 0.193 e. The van der Waals surface area contributed by atoms with Crippen LogP contribution in [0.4, 0.5) is 4.39 Å². The molecule has 0 saturated carbocycles. The minimum absolute atomic E-state index is 0.0468. The van der Waals surface area contributed by atoms with Crippen molar-refractivity contribution in [2.24, 2.45) is 0 Å². The molecular formula is C15H12ClFO2.